The SMILES string of the molecule is C[C@@H](O)c1ccc2ccc(/C=C/[C@@](C)(C(=O)O)C(O[SiH](C)C)C(C)(C)C)cc2c1. The van der Waals surface area contributed by atoms with Gasteiger partial charge in [-0.2, -0.15) is 0 Å². The molecule has 0 fully saturated rings. The van der Waals surface area contributed by atoms with E-state index in [4.69, 9.17) is 4.43 Å². The second-order valence-electron chi connectivity index (χ2n) is 9.39. The summed E-state index contributed by atoms with van der Waals surface area (Å²) in [6, 6.07) is 11.9. The van der Waals surface area contributed by atoms with E-state index < -0.39 is 32.6 Å². The van der Waals surface area contributed by atoms with Gasteiger partial charge in [-0.25, -0.2) is 0 Å². The van der Waals surface area contributed by atoms with Crippen molar-refractivity contribution in [3.63, 3.8) is 0 Å². The van der Waals surface area contributed by atoms with Gasteiger partial charge in [-0.05, 0) is 66.4 Å². The summed E-state index contributed by atoms with van der Waals surface area (Å²) in [6.07, 6.45) is 2.67. The molecule has 4 nitrogen and oxygen atoms in total. The number of carboxylic acid groups (broad SMARTS) is 1. The largest absolute Gasteiger partial charge is 0.481 e. The summed E-state index contributed by atoms with van der Waals surface area (Å²) in [5, 5.41) is 22.0. The van der Waals surface area contributed by atoms with Crippen LogP contribution in [0.1, 0.15) is 51.8 Å². The number of fused-ring (bicyclic) bond motifs is 1. The maximum absolute atomic E-state index is 12.3. The van der Waals surface area contributed by atoms with Crippen LogP contribution in [-0.2, 0) is 9.22 Å². The molecule has 0 aliphatic carbocycles. The van der Waals surface area contributed by atoms with Crippen LogP contribution in [0.4, 0.5) is 0 Å². The van der Waals surface area contributed by atoms with E-state index in [9.17, 15) is 15.0 Å². The Labute approximate surface area is 175 Å². The van der Waals surface area contributed by atoms with Crippen LogP contribution in [0.15, 0.2) is 42.5 Å². The standard InChI is InChI=1S/C24H34O4Si/c1-16(25)19-11-10-18-9-8-17(14-20(18)15-19)12-13-24(5,22(26)27)21(23(2,3)4)28-29(6)7/h8-16,21,25,29H,1-7H3,(H,26,27)/b13-12+/t16-,21?,24-/m1/s1. The van der Waals surface area contributed by atoms with E-state index in [0.29, 0.717) is 0 Å². The van der Waals surface area contributed by atoms with E-state index in [1.54, 1.807) is 19.9 Å². The third kappa shape index (κ3) is 5.56. The van der Waals surface area contributed by atoms with Crippen LogP contribution in [0.5, 0.6) is 0 Å². The predicted octanol–water partition coefficient (Wildman–Crippen LogP) is 5.41. The zero-order valence-corrected chi connectivity index (χ0v) is 19.7. The molecule has 0 saturated heterocycles. The lowest BCUT2D eigenvalue weighted by molar-refractivity contribution is -0.153. The molecule has 0 aliphatic heterocycles. The molecule has 2 N–H and O–H groups in total. The minimum Gasteiger partial charge on any atom is -0.481 e. The lowest BCUT2D eigenvalue weighted by Crippen LogP contribution is -2.49. The number of hydrogen-bond donors (Lipinski definition) is 2. The summed E-state index contributed by atoms with van der Waals surface area (Å²) >= 11 is 0. The monoisotopic (exact) mass is 414 g/mol. The summed E-state index contributed by atoms with van der Waals surface area (Å²) in [5.41, 5.74) is 0.315. The van der Waals surface area contributed by atoms with E-state index >= 15 is 0 Å². The van der Waals surface area contributed by atoms with Crippen molar-refractivity contribution in [2.45, 2.75) is 59.9 Å². The van der Waals surface area contributed by atoms with Gasteiger partial charge >= 0.3 is 5.97 Å². The van der Waals surface area contributed by atoms with Gasteiger partial charge in [0.05, 0.1) is 12.2 Å². The van der Waals surface area contributed by atoms with Crippen molar-refractivity contribution in [2.75, 3.05) is 0 Å². The maximum Gasteiger partial charge on any atom is 0.315 e. The quantitative estimate of drug-likeness (QED) is 0.594. The molecule has 0 amide bonds. The van der Waals surface area contributed by atoms with Gasteiger partial charge in [0, 0.05) is 0 Å². The summed E-state index contributed by atoms with van der Waals surface area (Å²) < 4.78 is 6.22. The average Bonchev–Trinajstić information content (AvgIpc) is 2.62. The minimum absolute atomic E-state index is 0.315. The Hall–Kier alpha value is -1.95. The molecule has 0 bridgehead atoms. The first-order chi connectivity index (χ1) is 13.3. The Morgan fingerprint density at radius 3 is 2.21 bits per heavy atom. The lowest BCUT2D eigenvalue weighted by atomic mass is 9.71. The Morgan fingerprint density at radius 1 is 1.07 bits per heavy atom. The molecule has 1 unspecified atom stereocenters. The van der Waals surface area contributed by atoms with Gasteiger partial charge in [0.25, 0.3) is 0 Å². The van der Waals surface area contributed by atoms with Crippen LogP contribution in [0, 0.1) is 10.8 Å². The summed E-state index contributed by atoms with van der Waals surface area (Å²) in [7, 11) is -1.44. The van der Waals surface area contributed by atoms with Gasteiger partial charge in [0.15, 0.2) is 9.04 Å². The van der Waals surface area contributed by atoms with E-state index in [1.807, 2.05) is 63.2 Å². The average molecular weight is 415 g/mol. The molecule has 0 radical (unpaired) electrons. The Balaban J connectivity index is 2.46. The molecule has 2 rings (SSSR count). The number of aliphatic hydroxyl groups is 1. The van der Waals surface area contributed by atoms with Gasteiger partial charge in [-0.3, -0.25) is 4.79 Å². The zero-order chi connectivity index (χ0) is 22.0. The van der Waals surface area contributed by atoms with Crippen LogP contribution in [0.2, 0.25) is 13.1 Å². The van der Waals surface area contributed by atoms with Gasteiger partial charge in [0.2, 0.25) is 0 Å². The number of aliphatic hydroxyl groups excluding tert-OH is 1. The number of hydrogen-bond acceptors (Lipinski definition) is 3. The molecule has 29 heavy (non-hydrogen) atoms. The molecular weight excluding hydrogens is 380 g/mol. The molecule has 0 aromatic heterocycles. The van der Waals surface area contributed by atoms with Crippen LogP contribution < -0.4 is 0 Å². The van der Waals surface area contributed by atoms with Crippen molar-refractivity contribution in [1.82, 2.24) is 0 Å². The molecule has 0 heterocycles. The molecule has 0 spiro atoms. The number of benzene rings is 2. The molecule has 2 aromatic carbocycles. The fourth-order valence-corrected chi connectivity index (χ4v) is 4.94. The molecule has 0 saturated carbocycles. The van der Waals surface area contributed by atoms with Crippen molar-refractivity contribution in [1.29, 1.82) is 0 Å². The smallest absolute Gasteiger partial charge is 0.315 e. The molecular formula is C24H34O4Si. The van der Waals surface area contributed by atoms with E-state index in [-0.39, 0.29) is 5.41 Å². The predicted molar refractivity (Wildman–Crippen MR) is 123 cm³/mol. The number of rotatable bonds is 7. The highest BCUT2D eigenvalue weighted by molar-refractivity contribution is 6.48. The van der Waals surface area contributed by atoms with Gasteiger partial charge in [-0.15, -0.1) is 0 Å². The minimum atomic E-state index is -1.44. The maximum atomic E-state index is 12.3. The summed E-state index contributed by atoms with van der Waals surface area (Å²) in [4.78, 5) is 12.3. The van der Waals surface area contributed by atoms with Gasteiger partial charge in [0.1, 0.15) is 5.41 Å². The van der Waals surface area contributed by atoms with Crippen LogP contribution in [-0.4, -0.2) is 31.3 Å². The molecule has 158 valence electrons. The lowest BCUT2D eigenvalue weighted by Gasteiger charge is -2.41. The Kier molecular flexibility index (Phi) is 7.09. The first-order valence-electron chi connectivity index (χ1n) is 10.1. The van der Waals surface area contributed by atoms with Crippen molar-refractivity contribution in [3.8, 4) is 0 Å². The molecule has 0 aliphatic rings. The topological polar surface area (TPSA) is 66.8 Å². The fraction of sp³-hybridized carbons (Fsp3) is 0.458. The highest BCUT2D eigenvalue weighted by atomic mass is 28.3. The Morgan fingerprint density at radius 2 is 1.69 bits per heavy atom. The summed E-state index contributed by atoms with van der Waals surface area (Å²) in [6.45, 7) is 13.7. The third-order valence-electron chi connectivity index (χ3n) is 5.19. The molecule has 2 aromatic rings. The highest BCUT2D eigenvalue weighted by Crippen LogP contribution is 2.39. The second-order valence-corrected chi connectivity index (χ2v) is 11.8. The van der Waals surface area contributed by atoms with Crippen LogP contribution >= 0.6 is 0 Å². The number of aliphatic carboxylic acids is 1. The van der Waals surface area contributed by atoms with Crippen molar-refractivity contribution < 1.29 is 19.4 Å². The van der Waals surface area contributed by atoms with Crippen LogP contribution in [0.25, 0.3) is 16.8 Å². The second kappa shape index (κ2) is 8.82. The number of carboxylic acids is 1. The molecule has 5 heteroatoms. The third-order valence-corrected chi connectivity index (χ3v) is 6.01. The Bertz CT molecular complexity index is 895. The normalized spacial score (nSPS) is 16.9. The van der Waals surface area contributed by atoms with Crippen molar-refractivity contribution in [2.24, 2.45) is 10.8 Å². The van der Waals surface area contributed by atoms with Crippen molar-refractivity contribution in [3.05, 3.63) is 53.6 Å². The van der Waals surface area contributed by atoms with E-state index in [1.165, 1.54) is 0 Å². The summed E-state index contributed by atoms with van der Waals surface area (Å²) in [5.74, 6) is -0.888. The van der Waals surface area contributed by atoms with Crippen LogP contribution in [0.3, 0.4) is 0 Å². The molecule has 3 atom stereocenters. The van der Waals surface area contributed by atoms with Gasteiger partial charge < -0.3 is 14.6 Å². The van der Waals surface area contributed by atoms with E-state index in [0.717, 1.165) is 21.9 Å². The van der Waals surface area contributed by atoms with E-state index in [2.05, 4.69) is 13.1 Å². The highest BCUT2D eigenvalue weighted by Gasteiger charge is 2.46. The van der Waals surface area contributed by atoms with Gasteiger partial charge in [-0.1, -0.05) is 57.2 Å². The zero-order valence-electron chi connectivity index (χ0n) is 18.6. The first-order valence-corrected chi connectivity index (χ1v) is 12.9. The number of carbonyl (C=O) groups is 1. The fourth-order valence-electron chi connectivity index (χ4n) is 3.70. The first kappa shape index (κ1) is 23.3. The van der Waals surface area contributed by atoms with Crippen molar-refractivity contribution >= 4 is 31.9 Å².